The Morgan fingerprint density at radius 2 is 1.43 bits per heavy atom. The summed E-state index contributed by atoms with van der Waals surface area (Å²) in [6.45, 7) is 9.95. The van der Waals surface area contributed by atoms with Crippen LogP contribution in [0.2, 0.25) is 0 Å². The number of carboxylic acid groups (broad SMARTS) is 1. The van der Waals surface area contributed by atoms with E-state index in [0.717, 1.165) is 25.9 Å². The first-order valence-corrected chi connectivity index (χ1v) is 11.7. The van der Waals surface area contributed by atoms with Crippen molar-refractivity contribution in [1.29, 1.82) is 0 Å². The number of carboxylic acids is 1. The van der Waals surface area contributed by atoms with E-state index in [1.165, 1.54) is 57.8 Å². The Morgan fingerprint density at radius 3 is 1.93 bits per heavy atom. The van der Waals surface area contributed by atoms with Gasteiger partial charge in [-0.3, -0.25) is 4.79 Å². The summed E-state index contributed by atoms with van der Waals surface area (Å²) in [5.41, 5.74) is -0.0710. The van der Waals surface area contributed by atoms with E-state index in [0.29, 0.717) is 25.0 Å². The second kappa shape index (κ2) is 13.6. The molecule has 0 aromatic carbocycles. The van der Waals surface area contributed by atoms with Crippen LogP contribution in [0.25, 0.3) is 0 Å². The van der Waals surface area contributed by atoms with Gasteiger partial charge >= 0.3 is 5.97 Å². The number of rotatable bonds is 15. The minimum absolute atomic E-state index is 0.163. The molecule has 1 fully saturated rings. The molecule has 0 amide bonds. The van der Waals surface area contributed by atoms with E-state index < -0.39 is 11.4 Å². The van der Waals surface area contributed by atoms with Crippen LogP contribution in [0, 0.1) is 10.8 Å². The number of hydrogen-bond donors (Lipinski definition) is 1. The van der Waals surface area contributed by atoms with Crippen LogP contribution in [0.5, 0.6) is 0 Å². The molecule has 0 bridgehead atoms. The molecule has 1 N–H and O–H groups in total. The Bertz CT molecular complexity index is 405. The molecule has 28 heavy (non-hydrogen) atoms. The molecule has 0 unspecified atom stereocenters. The normalized spacial score (nSPS) is 23.1. The van der Waals surface area contributed by atoms with Crippen molar-refractivity contribution in [2.75, 3.05) is 13.4 Å². The molecule has 1 aliphatic carbocycles. The molecular weight excluding hydrogens is 352 g/mol. The van der Waals surface area contributed by atoms with Crippen LogP contribution in [0.4, 0.5) is 0 Å². The molecule has 0 spiro atoms. The summed E-state index contributed by atoms with van der Waals surface area (Å²) in [5, 5.41) is 9.24. The molecule has 4 heteroatoms. The highest BCUT2D eigenvalue weighted by Crippen LogP contribution is 2.37. The summed E-state index contributed by atoms with van der Waals surface area (Å²) in [7, 11) is 0. The van der Waals surface area contributed by atoms with E-state index in [1.54, 1.807) is 0 Å². The lowest BCUT2D eigenvalue weighted by Gasteiger charge is -2.33. The van der Waals surface area contributed by atoms with Crippen molar-refractivity contribution in [2.45, 2.75) is 124 Å². The Hall–Kier alpha value is -0.610. The van der Waals surface area contributed by atoms with Gasteiger partial charge in [0.1, 0.15) is 6.79 Å². The number of ether oxygens (including phenoxy) is 2. The third-order valence-electron chi connectivity index (χ3n) is 6.16. The van der Waals surface area contributed by atoms with Crippen LogP contribution >= 0.6 is 0 Å². The molecule has 1 saturated carbocycles. The smallest absolute Gasteiger partial charge is 0.309 e. The fourth-order valence-electron chi connectivity index (χ4n) is 3.91. The third-order valence-corrected chi connectivity index (χ3v) is 6.16. The van der Waals surface area contributed by atoms with Gasteiger partial charge in [-0.25, -0.2) is 0 Å². The summed E-state index contributed by atoms with van der Waals surface area (Å²) in [4.78, 5) is 11.2. The van der Waals surface area contributed by atoms with Gasteiger partial charge in [-0.05, 0) is 50.9 Å². The van der Waals surface area contributed by atoms with E-state index in [-0.39, 0.29) is 6.10 Å². The molecule has 0 radical (unpaired) electrons. The number of unbranched alkanes of at least 4 members (excludes halogenated alkanes) is 8. The molecule has 1 aliphatic rings. The summed E-state index contributed by atoms with van der Waals surface area (Å²) >= 11 is 0. The highest BCUT2D eigenvalue weighted by molar-refractivity contribution is 5.74. The first-order chi connectivity index (χ1) is 13.2. The topological polar surface area (TPSA) is 55.8 Å². The Balaban J connectivity index is 1.81. The zero-order valence-corrected chi connectivity index (χ0v) is 19.1. The second-order valence-corrected chi connectivity index (χ2v) is 10.3. The fraction of sp³-hybridized carbons (Fsp3) is 0.958. The van der Waals surface area contributed by atoms with Gasteiger partial charge in [0.2, 0.25) is 0 Å². The first-order valence-electron chi connectivity index (χ1n) is 11.7. The van der Waals surface area contributed by atoms with Crippen LogP contribution < -0.4 is 0 Å². The van der Waals surface area contributed by atoms with Crippen molar-refractivity contribution < 1.29 is 19.4 Å². The van der Waals surface area contributed by atoms with Crippen LogP contribution in [-0.2, 0) is 14.3 Å². The van der Waals surface area contributed by atoms with E-state index in [1.807, 2.05) is 6.92 Å². The molecule has 0 heterocycles. The number of aliphatic carboxylic acids is 1. The lowest BCUT2D eigenvalue weighted by Crippen LogP contribution is -2.35. The summed E-state index contributed by atoms with van der Waals surface area (Å²) < 4.78 is 11.4. The predicted molar refractivity (Wildman–Crippen MR) is 116 cm³/mol. The highest BCUT2D eigenvalue weighted by Gasteiger charge is 2.37. The maximum absolute atomic E-state index is 11.2. The Labute approximate surface area is 173 Å². The van der Waals surface area contributed by atoms with E-state index in [4.69, 9.17) is 9.47 Å². The lowest BCUT2D eigenvalue weighted by atomic mass is 9.75. The largest absolute Gasteiger partial charge is 0.481 e. The molecule has 166 valence electrons. The number of hydrogen-bond acceptors (Lipinski definition) is 3. The van der Waals surface area contributed by atoms with Crippen molar-refractivity contribution in [1.82, 2.24) is 0 Å². The van der Waals surface area contributed by atoms with Crippen LogP contribution in [0.15, 0.2) is 0 Å². The molecule has 4 nitrogen and oxygen atoms in total. The van der Waals surface area contributed by atoms with Crippen LogP contribution in [0.3, 0.4) is 0 Å². The highest BCUT2D eigenvalue weighted by atomic mass is 16.7. The Morgan fingerprint density at radius 1 is 0.929 bits per heavy atom. The van der Waals surface area contributed by atoms with Crippen molar-refractivity contribution in [3.63, 3.8) is 0 Å². The molecule has 0 aromatic heterocycles. The maximum atomic E-state index is 11.2. The predicted octanol–water partition coefficient (Wildman–Crippen LogP) is 6.96. The molecule has 0 aromatic rings. The van der Waals surface area contributed by atoms with E-state index in [9.17, 15) is 9.90 Å². The van der Waals surface area contributed by atoms with Gasteiger partial charge in [0.25, 0.3) is 0 Å². The first kappa shape index (κ1) is 25.4. The fourth-order valence-corrected chi connectivity index (χ4v) is 3.91. The van der Waals surface area contributed by atoms with Gasteiger partial charge in [0, 0.05) is 6.61 Å². The SMILES string of the molecule is CC(C)(C)CCCCCCCCCCCOCOC1CCC(C)(C(=O)O)CC1. The monoisotopic (exact) mass is 398 g/mol. The van der Waals surface area contributed by atoms with E-state index >= 15 is 0 Å². The average Bonchev–Trinajstić information content (AvgIpc) is 2.62. The minimum Gasteiger partial charge on any atom is -0.481 e. The minimum atomic E-state index is -0.678. The molecule has 0 aliphatic heterocycles. The zero-order chi connectivity index (χ0) is 20.9. The molecule has 0 saturated heterocycles. The van der Waals surface area contributed by atoms with Crippen LogP contribution in [-0.4, -0.2) is 30.6 Å². The van der Waals surface area contributed by atoms with Gasteiger partial charge in [0.15, 0.2) is 0 Å². The third kappa shape index (κ3) is 12.1. The van der Waals surface area contributed by atoms with Gasteiger partial charge in [-0.15, -0.1) is 0 Å². The van der Waals surface area contributed by atoms with E-state index in [2.05, 4.69) is 20.8 Å². The van der Waals surface area contributed by atoms with Crippen molar-refractivity contribution in [3.8, 4) is 0 Å². The van der Waals surface area contributed by atoms with Gasteiger partial charge in [-0.1, -0.05) is 72.1 Å². The van der Waals surface area contributed by atoms with Gasteiger partial charge < -0.3 is 14.6 Å². The molecule has 0 atom stereocenters. The standard InChI is InChI=1S/C24H46O4/c1-23(2,3)16-12-10-8-6-5-7-9-11-13-19-27-20-28-21-14-17-24(4,18-15-21)22(25)26/h21H,5-20H2,1-4H3,(H,25,26). The summed E-state index contributed by atoms with van der Waals surface area (Å²) in [5.74, 6) is -0.678. The van der Waals surface area contributed by atoms with Crippen molar-refractivity contribution >= 4 is 5.97 Å². The van der Waals surface area contributed by atoms with Crippen molar-refractivity contribution in [3.05, 3.63) is 0 Å². The second-order valence-electron chi connectivity index (χ2n) is 10.3. The summed E-state index contributed by atoms with van der Waals surface area (Å²) in [6, 6.07) is 0. The van der Waals surface area contributed by atoms with Gasteiger partial charge in [0.05, 0.1) is 11.5 Å². The molecule has 1 rings (SSSR count). The zero-order valence-electron chi connectivity index (χ0n) is 19.1. The van der Waals surface area contributed by atoms with Crippen LogP contribution in [0.1, 0.15) is 118 Å². The average molecular weight is 399 g/mol. The lowest BCUT2D eigenvalue weighted by molar-refractivity contribution is -0.154. The Kier molecular flexibility index (Phi) is 12.3. The number of carbonyl (C=O) groups is 1. The van der Waals surface area contributed by atoms with Crippen molar-refractivity contribution in [2.24, 2.45) is 10.8 Å². The van der Waals surface area contributed by atoms with Gasteiger partial charge in [-0.2, -0.15) is 0 Å². The maximum Gasteiger partial charge on any atom is 0.309 e. The molecular formula is C24H46O4. The summed E-state index contributed by atoms with van der Waals surface area (Å²) in [6.07, 6.45) is 16.5. The quantitative estimate of drug-likeness (QED) is 0.239.